The molecule has 0 aliphatic carbocycles. The van der Waals surface area contributed by atoms with Gasteiger partial charge in [-0.25, -0.2) is 8.42 Å². The van der Waals surface area contributed by atoms with Crippen molar-refractivity contribution < 1.29 is 18.3 Å². The summed E-state index contributed by atoms with van der Waals surface area (Å²) < 4.78 is 31.3. The van der Waals surface area contributed by atoms with Crippen LogP contribution in [0.1, 0.15) is 33.3 Å². The monoisotopic (exact) mass is 301 g/mol. The Morgan fingerprint density at radius 1 is 1.35 bits per heavy atom. The Morgan fingerprint density at radius 3 is 2.45 bits per heavy atom. The van der Waals surface area contributed by atoms with E-state index in [-0.39, 0.29) is 22.6 Å². The van der Waals surface area contributed by atoms with E-state index in [0.717, 1.165) is 0 Å². The van der Waals surface area contributed by atoms with Gasteiger partial charge in [-0.15, -0.1) is 0 Å². The Hall–Kier alpha value is -1.27. The Bertz CT molecular complexity index is 561. The summed E-state index contributed by atoms with van der Waals surface area (Å²) in [7, 11) is -2.11. The zero-order chi connectivity index (χ0) is 15.6. The first-order valence-electron chi connectivity index (χ1n) is 6.42. The third-order valence-electron chi connectivity index (χ3n) is 2.97. The van der Waals surface area contributed by atoms with Crippen molar-refractivity contribution >= 4 is 15.7 Å². The maximum Gasteiger partial charge on any atom is 0.235 e. The summed E-state index contributed by atoms with van der Waals surface area (Å²) in [6, 6.07) is 5.04. The van der Waals surface area contributed by atoms with Gasteiger partial charge in [0.1, 0.15) is 5.75 Å². The van der Waals surface area contributed by atoms with E-state index in [1.807, 2.05) is 20.8 Å². The molecule has 0 saturated carbocycles. The molecule has 0 aromatic heterocycles. The van der Waals surface area contributed by atoms with E-state index in [1.54, 1.807) is 25.1 Å². The van der Waals surface area contributed by atoms with Gasteiger partial charge in [-0.2, -0.15) is 0 Å². The normalized spacial score (nSPS) is 14.1. The molecule has 0 unspecified atom stereocenters. The minimum Gasteiger partial charge on any atom is -0.505 e. The van der Waals surface area contributed by atoms with Crippen LogP contribution in [0.2, 0.25) is 0 Å². The fraction of sp³-hybridized carbons (Fsp3) is 0.571. The average molecular weight is 301 g/mol. The fourth-order valence-electron chi connectivity index (χ4n) is 1.82. The molecule has 0 radical (unpaired) electrons. The van der Waals surface area contributed by atoms with Crippen LogP contribution in [-0.2, 0) is 20.2 Å². The predicted octanol–water partition coefficient (Wildman–Crippen LogP) is 2.47. The summed E-state index contributed by atoms with van der Waals surface area (Å²) in [4.78, 5) is 0. The first kappa shape index (κ1) is 16.8. The van der Waals surface area contributed by atoms with Gasteiger partial charge in [0.25, 0.3) is 0 Å². The van der Waals surface area contributed by atoms with E-state index in [1.165, 1.54) is 7.11 Å². The van der Waals surface area contributed by atoms with Crippen LogP contribution in [-0.4, -0.2) is 32.5 Å². The fourth-order valence-corrected chi connectivity index (χ4v) is 3.15. The standard InChI is InChI=1S/C14H23NO4S/c1-10(19-5)9-20(17,18)15-12-8-6-7-11(13(12)16)14(2,3)4/h6-8,10,15-16H,9H2,1-5H3/t10-/m1/s1. The van der Waals surface area contributed by atoms with Crippen LogP contribution < -0.4 is 4.72 Å². The van der Waals surface area contributed by atoms with Crippen LogP contribution in [0.5, 0.6) is 5.75 Å². The van der Waals surface area contributed by atoms with Crippen molar-refractivity contribution in [2.24, 2.45) is 0 Å². The second-order valence-corrected chi connectivity index (χ2v) is 7.65. The van der Waals surface area contributed by atoms with Gasteiger partial charge in [0, 0.05) is 12.7 Å². The number of aromatic hydroxyl groups is 1. The summed E-state index contributed by atoms with van der Waals surface area (Å²) in [5, 5.41) is 10.2. The highest BCUT2D eigenvalue weighted by atomic mass is 32.2. The molecule has 114 valence electrons. The lowest BCUT2D eigenvalue weighted by Gasteiger charge is -2.22. The molecule has 0 saturated heterocycles. The third-order valence-corrected chi connectivity index (χ3v) is 4.41. The maximum absolute atomic E-state index is 12.0. The molecule has 2 N–H and O–H groups in total. The Morgan fingerprint density at radius 2 is 1.95 bits per heavy atom. The van der Waals surface area contributed by atoms with Crippen LogP contribution in [0.25, 0.3) is 0 Å². The molecule has 0 amide bonds. The van der Waals surface area contributed by atoms with Gasteiger partial charge >= 0.3 is 0 Å². The number of hydrogen-bond donors (Lipinski definition) is 2. The number of benzene rings is 1. The van der Waals surface area contributed by atoms with Crippen molar-refractivity contribution in [2.45, 2.75) is 39.2 Å². The first-order chi connectivity index (χ1) is 9.07. The summed E-state index contributed by atoms with van der Waals surface area (Å²) >= 11 is 0. The second kappa shape index (κ2) is 6.01. The zero-order valence-corrected chi connectivity index (χ0v) is 13.4. The quantitative estimate of drug-likeness (QED) is 0.819. The molecule has 1 aromatic carbocycles. The largest absolute Gasteiger partial charge is 0.505 e. The molecule has 20 heavy (non-hydrogen) atoms. The number of para-hydroxylation sites is 1. The van der Waals surface area contributed by atoms with Gasteiger partial charge < -0.3 is 9.84 Å². The Labute approximate surface area is 121 Å². The SMILES string of the molecule is CO[C@H](C)CS(=O)(=O)Nc1cccc(C(C)(C)C)c1O. The number of hydrogen-bond acceptors (Lipinski definition) is 4. The average Bonchev–Trinajstić information content (AvgIpc) is 2.29. The molecule has 0 fully saturated rings. The molecular weight excluding hydrogens is 278 g/mol. The van der Waals surface area contributed by atoms with Crippen LogP contribution in [0, 0.1) is 0 Å². The number of rotatable bonds is 5. The zero-order valence-electron chi connectivity index (χ0n) is 12.6. The van der Waals surface area contributed by atoms with Gasteiger partial charge in [0.15, 0.2) is 0 Å². The van der Waals surface area contributed by atoms with Crippen molar-refractivity contribution in [1.82, 2.24) is 0 Å². The number of ether oxygens (including phenoxy) is 1. The van der Waals surface area contributed by atoms with E-state index in [9.17, 15) is 13.5 Å². The van der Waals surface area contributed by atoms with Gasteiger partial charge in [0.2, 0.25) is 10.0 Å². The first-order valence-corrected chi connectivity index (χ1v) is 8.08. The molecule has 5 nitrogen and oxygen atoms in total. The van der Waals surface area contributed by atoms with Gasteiger partial charge in [-0.3, -0.25) is 4.72 Å². The molecule has 0 aliphatic heterocycles. The highest BCUT2D eigenvalue weighted by Gasteiger charge is 2.22. The van der Waals surface area contributed by atoms with E-state index in [2.05, 4.69) is 4.72 Å². The topological polar surface area (TPSA) is 75.6 Å². The van der Waals surface area contributed by atoms with Crippen LogP contribution >= 0.6 is 0 Å². The van der Waals surface area contributed by atoms with E-state index >= 15 is 0 Å². The second-order valence-electron chi connectivity index (χ2n) is 5.88. The Kier molecular flexibility index (Phi) is 5.05. The molecule has 0 aliphatic rings. The molecule has 1 aromatic rings. The van der Waals surface area contributed by atoms with Crippen molar-refractivity contribution in [3.63, 3.8) is 0 Å². The van der Waals surface area contributed by atoms with Crippen molar-refractivity contribution in [3.05, 3.63) is 23.8 Å². The molecule has 0 heterocycles. The summed E-state index contributed by atoms with van der Waals surface area (Å²) in [6.07, 6.45) is -0.416. The van der Waals surface area contributed by atoms with Gasteiger partial charge in [-0.1, -0.05) is 32.9 Å². The number of phenols is 1. The van der Waals surface area contributed by atoms with Crippen LogP contribution in [0.15, 0.2) is 18.2 Å². The number of sulfonamides is 1. The minimum absolute atomic E-state index is 0.0337. The maximum atomic E-state index is 12.0. The van der Waals surface area contributed by atoms with Crippen molar-refractivity contribution in [2.75, 3.05) is 17.6 Å². The lowest BCUT2D eigenvalue weighted by Crippen LogP contribution is -2.25. The van der Waals surface area contributed by atoms with Gasteiger partial charge in [0.05, 0.1) is 17.5 Å². The molecule has 0 spiro atoms. The lowest BCUT2D eigenvalue weighted by molar-refractivity contribution is 0.136. The van der Waals surface area contributed by atoms with Crippen LogP contribution in [0.4, 0.5) is 5.69 Å². The number of phenolic OH excluding ortho intramolecular Hbond substituents is 1. The summed E-state index contributed by atoms with van der Waals surface area (Å²) in [5.41, 5.74) is 0.615. The third kappa shape index (κ3) is 4.38. The highest BCUT2D eigenvalue weighted by molar-refractivity contribution is 7.92. The molecule has 1 rings (SSSR count). The van der Waals surface area contributed by atoms with E-state index < -0.39 is 16.1 Å². The Balaban J connectivity index is 3.05. The van der Waals surface area contributed by atoms with Crippen LogP contribution in [0.3, 0.4) is 0 Å². The number of nitrogens with one attached hydrogen (secondary N) is 1. The summed E-state index contributed by atoms with van der Waals surface area (Å²) in [6.45, 7) is 7.53. The van der Waals surface area contributed by atoms with E-state index in [0.29, 0.717) is 5.56 Å². The lowest BCUT2D eigenvalue weighted by atomic mass is 9.86. The number of methoxy groups -OCH3 is 1. The van der Waals surface area contributed by atoms with Crippen molar-refractivity contribution in [1.29, 1.82) is 0 Å². The minimum atomic E-state index is -3.57. The predicted molar refractivity (Wildman–Crippen MR) is 80.7 cm³/mol. The van der Waals surface area contributed by atoms with Gasteiger partial charge in [-0.05, 0) is 18.4 Å². The molecule has 1 atom stereocenters. The smallest absolute Gasteiger partial charge is 0.235 e. The molecule has 0 bridgehead atoms. The summed E-state index contributed by atoms with van der Waals surface area (Å²) in [5.74, 6) is -0.198. The van der Waals surface area contributed by atoms with Crippen molar-refractivity contribution in [3.8, 4) is 5.75 Å². The molecular formula is C14H23NO4S. The number of anilines is 1. The van der Waals surface area contributed by atoms with E-state index in [4.69, 9.17) is 4.74 Å². The molecule has 6 heteroatoms. The highest BCUT2D eigenvalue weighted by Crippen LogP contribution is 2.36.